The summed E-state index contributed by atoms with van der Waals surface area (Å²) >= 11 is 1.60. The lowest BCUT2D eigenvalue weighted by Crippen LogP contribution is -2.10. The summed E-state index contributed by atoms with van der Waals surface area (Å²) in [6, 6.07) is 6.64. The molecule has 2 heterocycles. The first-order valence-corrected chi connectivity index (χ1v) is 7.10. The Morgan fingerprint density at radius 3 is 3.17 bits per heavy atom. The van der Waals surface area contributed by atoms with E-state index in [9.17, 15) is 4.39 Å². The Hall–Kier alpha value is -1.26. The molecule has 3 rings (SSSR count). The maximum atomic E-state index is 13.2. The second-order valence-electron chi connectivity index (χ2n) is 4.72. The maximum absolute atomic E-state index is 13.2. The molecule has 4 heteroatoms. The third-order valence-electron chi connectivity index (χ3n) is 3.28. The first-order chi connectivity index (χ1) is 8.81. The number of nitrogens with zero attached hydrogens (tertiary/aromatic N) is 1. The van der Waals surface area contributed by atoms with Crippen LogP contribution in [0.4, 0.5) is 4.39 Å². The molecular formula is C14H15FN2S. The number of halogens is 1. The first-order valence-electron chi connectivity index (χ1n) is 6.22. The summed E-state index contributed by atoms with van der Waals surface area (Å²) < 4.78 is 13.2. The van der Waals surface area contributed by atoms with Gasteiger partial charge in [0.25, 0.3) is 0 Å². The van der Waals surface area contributed by atoms with E-state index in [-0.39, 0.29) is 5.82 Å². The number of aromatic nitrogens is 1. The average molecular weight is 262 g/mol. The van der Waals surface area contributed by atoms with Gasteiger partial charge in [0.15, 0.2) is 0 Å². The van der Waals surface area contributed by atoms with Crippen molar-refractivity contribution in [2.45, 2.75) is 12.8 Å². The van der Waals surface area contributed by atoms with E-state index in [2.05, 4.69) is 15.7 Å². The van der Waals surface area contributed by atoms with Crippen LogP contribution in [0.1, 0.15) is 12.1 Å². The smallest absolute Gasteiger partial charge is 0.123 e. The Kier molecular flexibility index (Phi) is 3.39. The molecule has 1 aliphatic heterocycles. The van der Waals surface area contributed by atoms with Gasteiger partial charge >= 0.3 is 0 Å². The van der Waals surface area contributed by atoms with Gasteiger partial charge in [0, 0.05) is 10.9 Å². The van der Waals surface area contributed by atoms with Crippen LogP contribution in [0, 0.1) is 11.7 Å². The summed E-state index contributed by atoms with van der Waals surface area (Å²) in [6.07, 6.45) is 2.26. The largest absolute Gasteiger partial charge is 0.316 e. The first kappa shape index (κ1) is 11.8. The molecule has 0 bridgehead atoms. The predicted octanol–water partition coefficient (Wildman–Crippen LogP) is 3.10. The number of nitrogens with one attached hydrogen (secondary N) is 1. The van der Waals surface area contributed by atoms with E-state index in [1.165, 1.54) is 12.5 Å². The van der Waals surface area contributed by atoms with Crippen molar-refractivity contribution in [1.29, 1.82) is 0 Å². The Bertz CT molecular complexity index is 532. The van der Waals surface area contributed by atoms with Gasteiger partial charge in [0.05, 0.1) is 5.69 Å². The van der Waals surface area contributed by atoms with Gasteiger partial charge in [0.1, 0.15) is 10.8 Å². The van der Waals surface area contributed by atoms with Crippen LogP contribution in [0.25, 0.3) is 10.6 Å². The highest BCUT2D eigenvalue weighted by Crippen LogP contribution is 2.26. The zero-order valence-corrected chi connectivity index (χ0v) is 10.8. The van der Waals surface area contributed by atoms with Crippen LogP contribution >= 0.6 is 11.3 Å². The fraction of sp³-hybridized carbons (Fsp3) is 0.357. The maximum Gasteiger partial charge on any atom is 0.123 e. The van der Waals surface area contributed by atoms with Gasteiger partial charge in [-0.15, -0.1) is 11.3 Å². The molecule has 0 aliphatic carbocycles. The molecule has 0 spiro atoms. The number of hydrogen-bond acceptors (Lipinski definition) is 3. The third-order valence-corrected chi connectivity index (χ3v) is 4.22. The van der Waals surface area contributed by atoms with Gasteiger partial charge in [0.2, 0.25) is 0 Å². The van der Waals surface area contributed by atoms with E-state index in [1.807, 2.05) is 6.07 Å². The fourth-order valence-corrected chi connectivity index (χ4v) is 3.17. The lowest BCUT2D eigenvalue weighted by atomic mass is 10.0. The second-order valence-corrected chi connectivity index (χ2v) is 5.58. The van der Waals surface area contributed by atoms with Crippen molar-refractivity contribution in [2.24, 2.45) is 5.92 Å². The molecule has 0 amide bonds. The molecule has 1 aromatic heterocycles. The van der Waals surface area contributed by atoms with Crippen LogP contribution in [0.2, 0.25) is 0 Å². The zero-order valence-electron chi connectivity index (χ0n) is 10.0. The zero-order chi connectivity index (χ0) is 12.4. The Morgan fingerprint density at radius 2 is 2.39 bits per heavy atom. The third kappa shape index (κ3) is 2.60. The molecular weight excluding hydrogens is 247 g/mol. The quantitative estimate of drug-likeness (QED) is 0.919. The molecule has 1 unspecified atom stereocenters. The molecule has 0 saturated carbocycles. The molecule has 1 saturated heterocycles. The fourth-order valence-electron chi connectivity index (χ4n) is 2.34. The van der Waals surface area contributed by atoms with E-state index in [4.69, 9.17) is 0 Å². The van der Waals surface area contributed by atoms with Crippen LogP contribution in [-0.4, -0.2) is 18.1 Å². The lowest BCUT2D eigenvalue weighted by molar-refractivity contribution is 0.573. The molecule has 1 aliphatic rings. The Labute approximate surface area is 110 Å². The summed E-state index contributed by atoms with van der Waals surface area (Å²) in [5, 5.41) is 6.37. The van der Waals surface area contributed by atoms with Gasteiger partial charge in [-0.25, -0.2) is 9.37 Å². The molecule has 2 nitrogen and oxygen atoms in total. The topological polar surface area (TPSA) is 24.9 Å². The van der Waals surface area contributed by atoms with Crippen molar-refractivity contribution < 1.29 is 4.39 Å². The molecule has 1 atom stereocenters. The van der Waals surface area contributed by atoms with Crippen LogP contribution in [-0.2, 0) is 6.42 Å². The number of thiazole rings is 1. The lowest BCUT2D eigenvalue weighted by Gasteiger charge is -2.04. The second kappa shape index (κ2) is 5.16. The van der Waals surface area contributed by atoms with Crippen LogP contribution in [0.15, 0.2) is 29.6 Å². The number of benzene rings is 1. The van der Waals surface area contributed by atoms with Crippen molar-refractivity contribution in [3.8, 4) is 10.6 Å². The summed E-state index contributed by atoms with van der Waals surface area (Å²) in [4.78, 5) is 4.61. The predicted molar refractivity (Wildman–Crippen MR) is 72.2 cm³/mol. The minimum absolute atomic E-state index is 0.204. The minimum Gasteiger partial charge on any atom is -0.316 e. The van der Waals surface area contributed by atoms with E-state index in [0.29, 0.717) is 5.92 Å². The van der Waals surface area contributed by atoms with E-state index < -0.39 is 0 Å². The minimum atomic E-state index is -0.204. The number of rotatable bonds is 3. The highest BCUT2D eigenvalue weighted by atomic mass is 32.1. The van der Waals surface area contributed by atoms with Crippen molar-refractivity contribution in [2.75, 3.05) is 13.1 Å². The summed E-state index contributed by atoms with van der Waals surface area (Å²) in [5.41, 5.74) is 2.00. The van der Waals surface area contributed by atoms with Gasteiger partial charge < -0.3 is 5.32 Å². The van der Waals surface area contributed by atoms with Crippen LogP contribution in [0.3, 0.4) is 0 Å². The molecule has 1 N–H and O–H groups in total. The van der Waals surface area contributed by atoms with Gasteiger partial charge in [-0.3, -0.25) is 0 Å². The van der Waals surface area contributed by atoms with Crippen LogP contribution < -0.4 is 5.32 Å². The van der Waals surface area contributed by atoms with E-state index >= 15 is 0 Å². The number of hydrogen-bond donors (Lipinski definition) is 1. The summed E-state index contributed by atoms with van der Waals surface area (Å²) in [7, 11) is 0. The van der Waals surface area contributed by atoms with Gasteiger partial charge in [-0.1, -0.05) is 12.1 Å². The highest BCUT2D eigenvalue weighted by molar-refractivity contribution is 7.13. The van der Waals surface area contributed by atoms with Crippen molar-refractivity contribution in [1.82, 2.24) is 10.3 Å². The molecule has 1 fully saturated rings. The van der Waals surface area contributed by atoms with Crippen molar-refractivity contribution >= 4 is 11.3 Å². The SMILES string of the molecule is Fc1cccc(-c2nc(CC3CCNC3)cs2)c1. The summed E-state index contributed by atoms with van der Waals surface area (Å²) in [5.74, 6) is 0.497. The van der Waals surface area contributed by atoms with Crippen molar-refractivity contribution in [3.05, 3.63) is 41.2 Å². The molecule has 94 valence electrons. The van der Waals surface area contributed by atoms with Crippen LogP contribution in [0.5, 0.6) is 0 Å². The molecule has 2 aromatic rings. The van der Waals surface area contributed by atoms with Gasteiger partial charge in [-0.05, 0) is 44.0 Å². The Morgan fingerprint density at radius 1 is 1.44 bits per heavy atom. The van der Waals surface area contributed by atoms with E-state index in [0.717, 1.165) is 35.8 Å². The Balaban J connectivity index is 1.76. The highest BCUT2D eigenvalue weighted by Gasteiger charge is 2.16. The van der Waals surface area contributed by atoms with Gasteiger partial charge in [-0.2, -0.15) is 0 Å². The molecule has 0 radical (unpaired) electrons. The molecule has 18 heavy (non-hydrogen) atoms. The van der Waals surface area contributed by atoms with Crippen molar-refractivity contribution in [3.63, 3.8) is 0 Å². The standard InChI is InChI=1S/C14H15FN2S/c15-12-3-1-2-11(7-12)14-17-13(9-18-14)6-10-4-5-16-8-10/h1-3,7,9-10,16H,4-6,8H2. The monoisotopic (exact) mass is 262 g/mol. The van der Waals surface area contributed by atoms with E-state index in [1.54, 1.807) is 23.5 Å². The normalized spacial score (nSPS) is 19.3. The summed E-state index contributed by atoms with van der Waals surface area (Å²) in [6.45, 7) is 2.21. The average Bonchev–Trinajstić information content (AvgIpc) is 3.01. The molecule has 1 aromatic carbocycles.